The summed E-state index contributed by atoms with van der Waals surface area (Å²) in [5.74, 6) is -0.666. The van der Waals surface area contributed by atoms with Crippen molar-refractivity contribution in [2.45, 2.75) is 30.8 Å². The van der Waals surface area contributed by atoms with Gasteiger partial charge < -0.3 is 20.1 Å². The largest absolute Gasteiger partial charge is 0.394 e. The van der Waals surface area contributed by atoms with Gasteiger partial charge in [-0.15, -0.1) is 0 Å². The summed E-state index contributed by atoms with van der Waals surface area (Å²) in [6.07, 6.45) is 1.33. The molecule has 0 spiro atoms. The summed E-state index contributed by atoms with van der Waals surface area (Å²) in [7, 11) is 0. The van der Waals surface area contributed by atoms with Crippen molar-refractivity contribution in [1.29, 1.82) is 0 Å². The lowest BCUT2D eigenvalue weighted by Crippen LogP contribution is -2.71. The molecule has 3 aliphatic rings. The van der Waals surface area contributed by atoms with Crippen LogP contribution in [0.15, 0.2) is 48.5 Å². The Morgan fingerprint density at radius 3 is 2.56 bits per heavy atom. The molecule has 0 unspecified atom stereocenters. The number of urea groups is 1. The molecule has 0 radical (unpaired) electrons. The van der Waals surface area contributed by atoms with Crippen LogP contribution in [0.25, 0.3) is 0 Å². The Hall–Kier alpha value is -2.97. The van der Waals surface area contributed by atoms with Crippen molar-refractivity contribution in [3.8, 4) is 0 Å². The van der Waals surface area contributed by atoms with E-state index >= 15 is 0 Å². The lowest BCUT2D eigenvalue weighted by atomic mass is 9.71. The number of aliphatic hydroxyl groups is 1. The fourth-order valence-electron chi connectivity index (χ4n) is 5.28. The van der Waals surface area contributed by atoms with E-state index in [9.17, 15) is 19.1 Å². The highest BCUT2D eigenvalue weighted by atomic mass is 19.1. The first kappa shape index (κ1) is 20.9. The number of aliphatic hydroxyl groups excluding tert-OH is 1. The number of rotatable bonds is 3. The Bertz CT molecular complexity index is 1030. The highest BCUT2D eigenvalue weighted by molar-refractivity contribution is 6.03. The molecule has 0 aliphatic carbocycles. The third-order valence-corrected chi connectivity index (χ3v) is 6.87. The molecule has 168 valence electrons. The van der Waals surface area contributed by atoms with Gasteiger partial charge in [0.15, 0.2) is 0 Å². The van der Waals surface area contributed by atoms with Crippen molar-refractivity contribution in [1.82, 2.24) is 4.90 Å². The average Bonchev–Trinajstić information content (AvgIpc) is 2.81. The van der Waals surface area contributed by atoms with Gasteiger partial charge in [0.2, 0.25) is 5.91 Å². The maximum Gasteiger partial charge on any atom is 0.326 e. The predicted octanol–water partition coefficient (Wildman–Crippen LogP) is 2.96. The third kappa shape index (κ3) is 3.43. The van der Waals surface area contributed by atoms with E-state index in [1.165, 1.54) is 12.1 Å². The monoisotopic (exact) mass is 439 g/mol. The molecular formula is C24H26FN3O4. The molecule has 3 amide bonds. The maximum atomic E-state index is 14.1. The van der Waals surface area contributed by atoms with Gasteiger partial charge in [-0.25, -0.2) is 9.18 Å². The third-order valence-electron chi connectivity index (χ3n) is 6.87. The molecule has 3 atom stereocenters. The fraction of sp³-hybridized carbons (Fsp3) is 0.417. The van der Waals surface area contributed by atoms with E-state index in [1.54, 1.807) is 21.9 Å². The maximum absolute atomic E-state index is 14.1. The zero-order valence-electron chi connectivity index (χ0n) is 17.6. The van der Waals surface area contributed by atoms with Crippen LogP contribution < -0.4 is 10.2 Å². The van der Waals surface area contributed by atoms with Gasteiger partial charge in [0.1, 0.15) is 5.82 Å². The zero-order chi connectivity index (χ0) is 22.2. The van der Waals surface area contributed by atoms with Crippen molar-refractivity contribution >= 4 is 23.3 Å². The van der Waals surface area contributed by atoms with Gasteiger partial charge in [0.25, 0.3) is 0 Å². The molecule has 0 saturated carbocycles. The van der Waals surface area contributed by atoms with Gasteiger partial charge >= 0.3 is 6.03 Å². The highest BCUT2D eigenvalue weighted by Crippen LogP contribution is 2.49. The molecule has 32 heavy (non-hydrogen) atoms. The van der Waals surface area contributed by atoms with Crippen LogP contribution in [0.1, 0.15) is 24.3 Å². The first-order chi connectivity index (χ1) is 15.6. The fourth-order valence-corrected chi connectivity index (χ4v) is 5.28. The molecule has 2 saturated heterocycles. The summed E-state index contributed by atoms with van der Waals surface area (Å²) in [4.78, 5) is 29.8. The number of anilines is 2. The van der Waals surface area contributed by atoms with E-state index < -0.39 is 11.8 Å². The number of halogens is 1. The lowest BCUT2D eigenvalue weighted by Gasteiger charge is -2.59. The topological polar surface area (TPSA) is 82.1 Å². The lowest BCUT2D eigenvalue weighted by molar-refractivity contribution is -0.157. The molecule has 0 bridgehead atoms. The van der Waals surface area contributed by atoms with E-state index in [0.717, 1.165) is 11.3 Å². The Morgan fingerprint density at radius 1 is 1.09 bits per heavy atom. The van der Waals surface area contributed by atoms with Gasteiger partial charge in [0, 0.05) is 37.3 Å². The quantitative estimate of drug-likeness (QED) is 0.771. The minimum Gasteiger partial charge on any atom is -0.394 e. The van der Waals surface area contributed by atoms with Gasteiger partial charge in [0.05, 0.1) is 24.4 Å². The molecule has 5 rings (SSSR count). The van der Waals surface area contributed by atoms with E-state index in [4.69, 9.17) is 4.74 Å². The SMILES string of the molecule is O=C(Nc1ccccc1F)N1C[C@H]2[C@@H](c3ccccc31)[C@H](CO)N2C(=O)C1CCOCC1. The number of nitrogens with one attached hydrogen (secondary N) is 1. The van der Waals surface area contributed by atoms with Crippen LogP contribution in [-0.4, -0.2) is 60.4 Å². The summed E-state index contributed by atoms with van der Waals surface area (Å²) in [5.41, 5.74) is 1.75. The number of fused-ring (bicyclic) bond motifs is 3. The molecular weight excluding hydrogens is 413 g/mol. The number of nitrogens with zero attached hydrogens (tertiary/aromatic N) is 2. The number of para-hydroxylation sites is 2. The second-order valence-corrected chi connectivity index (χ2v) is 8.55. The minimum atomic E-state index is -0.510. The second kappa shape index (κ2) is 8.52. The van der Waals surface area contributed by atoms with Gasteiger partial charge in [-0.2, -0.15) is 0 Å². The van der Waals surface area contributed by atoms with Crippen LogP contribution in [0.5, 0.6) is 0 Å². The Kier molecular flexibility index (Phi) is 5.57. The van der Waals surface area contributed by atoms with E-state index in [0.29, 0.717) is 26.1 Å². The van der Waals surface area contributed by atoms with Crippen LogP contribution in [0.3, 0.4) is 0 Å². The zero-order valence-corrected chi connectivity index (χ0v) is 17.6. The summed E-state index contributed by atoms with van der Waals surface area (Å²) in [6.45, 7) is 1.27. The molecule has 2 aromatic rings. The summed E-state index contributed by atoms with van der Waals surface area (Å²) in [6, 6.07) is 12.6. The molecule has 8 heteroatoms. The number of carbonyl (C=O) groups is 2. The number of likely N-dealkylation sites (tertiary alicyclic amines) is 1. The molecule has 2 aromatic carbocycles. The van der Waals surface area contributed by atoms with Crippen molar-refractivity contribution in [2.24, 2.45) is 5.92 Å². The first-order valence-electron chi connectivity index (χ1n) is 11.0. The number of hydrogen-bond acceptors (Lipinski definition) is 4. The Balaban J connectivity index is 1.44. The number of hydrogen-bond donors (Lipinski definition) is 2. The Morgan fingerprint density at radius 2 is 1.81 bits per heavy atom. The predicted molar refractivity (Wildman–Crippen MR) is 117 cm³/mol. The number of benzene rings is 2. The van der Waals surface area contributed by atoms with Crippen molar-refractivity contribution in [2.75, 3.05) is 36.6 Å². The minimum absolute atomic E-state index is 0.0162. The smallest absolute Gasteiger partial charge is 0.326 e. The number of ether oxygens (including phenoxy) is 1. The van der Waals surface area contributed by atoms with Crippen molar-refractivity contribution < 1.29 is 23.8 Å². The second-order valence-electron chi connectivity index (χ2n) is 8.55. The molecule has 2 N–H and O–H groups in total. The molecule has 3 aliphatic heterocycles. The normalized spacial score (nSPS) is 24.9. The highest BCUT2D eigenvalue weighted by Gasteiger charge is 2.56. The molecule has 0 aromatic heterocycles. The molecule has 7 nitrogen and oxygen atoms in total. The van der Waals surface area contributed by atoms with Gasteiger partial charge in [-0.1, -0.05) is 30.3 Å². The Labute approximate surface area is 185 Å². The summed E-state index contributed by atoms with van der Waals surface area (Å²) >= 11 is 0. The average molecular weight is 439 g/mol. The molecule has 2 fully saturated rings. The van der Waals surface area contributed by atoms with Gasteiger partial charge in [-0.05, 0) is 36.6 Å². The van der Waals surface area contributed by atoms with Crippen LogP contribution in [0, 0.1) is 11.7 Å². The van der Waals surface area contributed by atoms with E-state index in [1.807, 2.05) is 24.3 Å². The number of carbonyl (C=O) groups excluding carboxylic acids is 2. The van der Waals surface area contributed by atoms with Crippen molar-refractivity contribution in [3.63, 3.8) is 0 Å². The van der Waals surface area contributed by atoms with Crippen LogP contribution in [-0.2, 0) is 9.53 Å². The van der Waals surface area contributed by atoms with E-state index in [-0.39, 0.29) is 48.7 Å². The molecule has 3 heterocycles. The van der Waals surface area contributed by atoms with Crippen molar-refractivity contribution in [3.05, 3.63) is 59.9 Å². The first-order valence-corrected chi connectivity index (χ1v) is 11.0. The summed E-state index contributed by atoms with van der Waals surface area (Å²) in [5, 5.41) is 12.8. The van der Waals surface area contributed by atoms with Crippen LogP contribution in [0.2, 0.25) is 0 Å². The number of amides is 3. The van der Waals surface area contributed by atoms with Gasteiger partial charge in [-0.3, -0.25) is 9.69 Å². The standard InChI is InChI=1S/C24H26FN3O4/c25-17-6-2-3-7-18(17)26-24(31)27-13-20-22(16-5-1-4-8-19(16)27)21(14-29)28(20)23(30)15-9-11-32-12-10-15/h1-8,15,20-22,29H,9-14H2,(H,26,31)/t20-,21-,22+/m0/s1. The van der Waals surface area contributed by atoms with E-state index in [2.05, 4.69) is 5.32 Å². The van der Waals surface area contributed by atoms with Crippen LogP contribution >= 0.6 is 0 Å². The summed E-state index contributed by atoms with van der Waals surface area (Å²) < 4.78 is 19.5. The van der Waals surface area contributed by atoms with Crippen LogP contribution in [0.4, 0.5) is 20.6 Å².